The van der Waals surface area contributed by atoms with Crippen molar-refractivity contribution < 1.29 is 9.21 Å². The molecular formula is C77H90Cl2N8O8S3. The molecular weight excluding hydrogens is 1330 g/mol. The van der Waals surface area contributed by atoms with Gasteiger partial charge in [-0.3, -0.25) is 38.5 Å². The summed E-state index contributed by atoms with van der Waals surface area (Å²) in [6.07, 6.45) is 12.7. The Kier molecular flexibility index (Phi) is 23.9. The largest absolute Gasteiger partial charge is 0.461 e. The minimum Gasteiger partial charge on any atom is -0.461 e. The Balaban J connectivity index is 0.000000167. The summed E-state index contributed by atoms with van der Waals surface area (Å²) in [5.41, 5.74) is 2.48. The minimum atomic E-state index is -1.11. The smallest absolute Gasteiger partial charge is 0.269 e. The SMILES string of the molecule is CC(C)(C)n1cc(C#CCNC(=O)C(Cl)Cl)c2ccsc2c1=O.CC(C)(C)n1ccc2ccsc2c1=O.CC(C)(C)n1ccc2ncccc2c1=O.Cc1cc2c(=O)n(C(C)(C)C)ccc2o1.Cc1cc2c(=O)n(C(C)(C)C)ccc2s1.Cc1ccc2c(=O)n(C(C)(C)C)ccc2c1. The van der Waals surface area contributed by atoms with Gasteiger partial charge in [0, 0.05) is 103 Å². The Morgan fingerprint density at radius 3 is 1.58 bits per heavy atom. The number of rotatable bonds is 2. The summed E-state index contributed by atoms with van der Waals surface area (Å²) in [7, 11) is 0. The van der Waals surface area contributed by atoms with E-state index in [4.69, 9.17) is 27.6 Å². The fraction of sp³-hybridized carbons (Fsp3) is 0.377. The van der Waals surface area contributed by atoms with Gasteiger partial charge < -0.3 is 37.1 Å². The molecule has 1 N–H and O–H groups in total. The van der Waals surface area contributed by atoms with Gasteiger partial charge in [0.15, 0.2) is 4.84 Å². The molecule has 0 unspecified atom stereocenters. The van der Waals surface area contributed by atoms with E-state index in [9.17, 15) is 33.6 Å². The van der Waals surface area contributed by atoms with Gasteiger partial charge in [-0.25, -0.2) is 0 Å². The van der Waals surface area contributed by atoms with Crippen molar-refractivity contribution in [1.82, 2.24) is 37.7 Å². The zero-order valence-electron chi connectivity index (χ0n) is 59.9. The number of furan rings is 1. The minimum absolute atomic E-state index is 0.0110. The number of benzene rings is 1. The second-order valence-corrected chi connectivity index (χ2v) is 33.9. The lowest BCUT2D eigenvalue weighted by Gasteiger charge is -2.22. The van der Waals surface area contributed by atoms with Crippen molar-refractivity contribution in [3.8, 4) is 11.8 Å². The summed E-state index contributed by atoms with van der Waals surface area (Å²) in [6, 6.07) is 26.9. The van der Waals surface area contributed by atoms with Crippen molar-refractivity contribution in [3.63, 3.8) is 0 Å². The van der Waals surface area contributed by atoms with E-state index in [-0.39, 0.29) is 73.1 Å². The maximum atomic E-state index is 12.5. The highest BCUT2D eigenvalue weighted by Gasteiger charge is 2.22. The van der Waals surface area contributed by atoms with Crippen LogP contribution >= 0.6 is 57.2 Å². The molecule has 0 spiro atoms. The molecule has 0 saturated heterocycles. The number of halogens is 2. The van der Waals surface area contributed by atoms with Gasteiger partial charge in [-0.15, -0.1) is 34.0 Å². The molecule has 0 aliphatic heterocycles. The Morgan fingerprint density at radius 2 is 1.00 bits per heavy atom. The maximum Gasteiger partial charge on any atom is 0.269 e. The van der Waals surface area contributed by atoms with Gasteiger partial charge in [0.05, 0.1) is 32.9 Å². The van der Waals surface area contributed by atoms with E-state index < -0.39 is 10.7 Å². The predicted octanol–water partition coefficient (Wildman–Crippen LogP) is 16.9. The molecule has 0 aliphatic rings. The first-order chi connectivity index (χ1) is 45.4. The van der Waals surface area contributed by atoms with Gasteiger partial charge in [0.2, 0.25) is 0 Å². The molecule has 0 fully saturated rings. The van der Waals surface area contributed by atoms with E-state index in [1.54, 1.807) is 75.7 Å². The van der Waals surface area contributed by atoms with Gasteiger partial charge in [-0.1, -0.05) is 52.7 Å². The quantitative estimate of drug-likeness (QED) is 0.130. The van der Waals surface area contributed by atoms with Crippen LogP contribution in [0.5, 0.6) is 0 Å². The first kappa shape index (κ1) is 77.0. The Bertz CT molecular complexity index is 5220. The van der Waals surface area contributed by atoms with E-state index in [1.165, 1.54) is 33.1 Å². The molecule has 0 atom stereocenters. The number of hydrogen-bond acceptors (Lipinski definition) is 12. The summed E-state index contributed by atoms with van der Waals surface area (Å²) >= 11 is 15.5. The molecule has 11 heterocycles. The van der Waals surface area contributed by atoms with Crippen LogP contribution in [0.15, 0.2) is 172 Å². The molecule has 1 aromatic carbocycles. The lowest BCUT2D eigenvalue weighted by Crippen LogP contribution is -2.33. The van der Waals surface area contributed by atoms with Gasteiger partial charge >= 0.3 is 0 Å². The third-order valence-corrected chi connectivity index (χ3v) is 18.6. The Morgan fingerprint density at radius 1 is 0.510 bits per heavy atom. The first-order valence-corrected chi connectivity index (χ1v) is 35.5. The van der Waals surface area contributed by atoms with Crippen LogP contribution in [0.25, 0.3) is 62.9 Å². The van der Waals surface area contributed by atoms with Crippen LogP contribution in [-0.2, 0) is 38.0 Å². The normalized spacial score (nSPS) is 12.0. The number of fused-ring (bicyclic) bond motifs is 6. The third-order valence-electron chi connectivity index (χ3n) is 15.4. The lowest BCUT2D eigenvalue weighted by molar-refractivity contribution is -0.119. The molecule has 16 nitrogen and oxygen atoms in total. The van der Waals surface area contributed by atoms with Crippen molar-refractivity contribution in [1.29, 1.82) is 0 Å². The van der Waals surface area contributed by atoms with Crippen LogP contribution in [0.3, 0.4) is 0 Å². The molecule has 0 saturated carbocycles. The van der Waals surface area contributed by atoms with E-state index in [1.807, 2.05) is 248 Å². The number of carbonyl (C=O) groups is 1. The molecule has 21 heteroatoms. The highest BCUT2D eigenvalue weighted by Crippen LogP contribution is 2.26. The zero-order chi connectivity index (χ0) is 72.9. The molecule has 12 rings (SSSR count). The number of aryl methyl sites for hydroxylation is 3. The topological polar surface area (TPSA) is 187 Å². The van der Waals surface area contributed by atoms with Gasteiger partial charge in [-0.05, 0) is 240 Å². The van der Waals surface area contributed by atoms with Crippen molar-refractivity contribution in [2.75, 3.05) is 6.54 Å². The van der Waals surface area contributed by atoms with Crippen LogP contribution < -0.4 is 38.7 Å². The highest BCUT2D eigenvalue weighted by molar-refractivity contribution is 7.19. The molecule has 518 valence electrons. The number of pyridine rings is 7. The molecule has 0 aliphatic carbocycles. The molecule has 0 bridgehead atoms. The highest BCUT2D eigenvalue weighted by atomic mass is 35.5. The Hall–Kier alpha value is -8.38. The summed E-state index contributed by atoms with van der Waals surface area (Å²) in [5.74, 6) is 6.15. The standard InChI is InChI=1S/C16H16Cl2N2O2S.C14H17NO.C12H14N2O.C12H15NO2.C12H15NOS.C11H13NOS/c1-16(2,3)20-9-10(5-4-7-19-14(21)13(17)18)11-6-8-23-12(11)15(20)22;1-10-5-6-12-11(9-10)7-8-15(13(12)16)14(2,3)4;1-12(2,3)14-8-6-10-9(11(14)15)5-4-7-13-10;2*1-8-7-9-10(15-8)5-6-13(11(9)14)12(2,3)4;1-11(2,3)12-6-4-8-5-7-14-9(8)10(12)13/h6,8-9,13H,7H2,1-3H3,(H,19,21);5-9H,1-4H3;4-8H,1-3H3;2*5-7H,1-4H3;4-7H,1-3H3. The van der Waals surface area contributed by atoms with E-state index in [0.29, 0.717) is 21.1 Å². The average Bonchev–Trinajstić information content (AvgIpc) is 1.82. The molecule has 98 heavy (non-hydrogen) atoms. The van der Waals surface area contributed by atoms with Crippen LogP contribution in [0, 0.1) is 32.6 Å². The average molecular weight is 1420 g/mol. The maximum absolute atomic E-state index is 12.5. The fourth-order valence-corrected chi connectivity index (χ4v) is 13.1. The first-order valence-electron chi connectivity index (χ1n) is 32.0. The van der Waals surface area contributed by atoms with Gasteiger partial charge in [-0.2, -0.15) is 0 Å². The van der Waals surface area contributed by atoms with Crippen LogP contribution in [0.1, 0.15) is 146 Å². The molecule has 0 radical (unpaired) electrons. The van der Waals surface area contributed by atoms with Crippen molar-refractivity contribution in [2.24, 2.45) is 0 Å². The fourth-order valence-electron chi connectivity index (χ4n) is 10.4. The molecule has 1 amide bonds. The van der Waals surface area contributed by atoms with E-state index in [0.717, 1.165) is 53.2 Å². The second-order valence-electron chi connectivity index (χ2n) is 29.7. The number of nitrogens with zero attached hydrogens (tertiary/aromatic N) is 7. The number of hydrogen-bond donors (Lipinski definition) is 1. The number of amides is 1. The molecule has 11 aromatic heterocycles. The van der Waals surface area contributed by atoms with Crippen LogP contribution in [0.2, 0.25) is 0 Å². The van der Waals surface area contributed by atoms with Crippen molar-refractivity contribution >= 4 is 126 Å². The third kappa shape index (κ3) is 18.7. The van der Waals surface area contributed by atoms with Gasteiger partial charge in [0.25, 0.3) is 39.3 Å². The number of thiophene rings is 3. The summed E-state index contributed by atoms with van der Waals surface area (Å²) in [4.78, 5) is 88.6. The predicted molar refractivity (Wildman–Crippen MR) is 413 cm³/mol. The van der Waals surface area contributed by atoms with Gasteiger partial charge in [0.1, 0.15) is 16.0 Å². The molecule has 12 aromatic rings. The number of aromatic nitrogens is 7. The lowest BCUT2D eigenvalue weighted by atomic mass is 10.1. The van der Waals surface area contributed by atoms with E-state index in [2.05, 4.69) is 22.1 Å². The van der Waals surface area contributed by atoms with E-state index >= 15 is 0 Å². The van der Waals surface area contributed by atoms with Crippen molar-refractivity contribution in [2.45, 2.75) is 183 Å². The van der Waals surface area contributed by atoms with Crippen LogP contribution in [-0.4, -0.2) is 49.7 Å². The summed E-state index contributed by atoms with van der Waals surface area (Å²) in [5, 5.41) is 12.2. The summed E-state index contributed by atoms with van der Waals surface area (Å²) < 4.78 is 18.5. The number of alkyl halides is 2. The Labute approximate surface area is 593 Å². The second kappa shape index (κ2) is 30.4. The number of carbonyl (C=O) groups excluding carboxylic acids is 1. The summed E-state index contributed by atoms with van der Waals surface area (Å²) in [6.45, 7) is 42.3. The monoisotopic (exact) mass is 1420 g/mol. The number of nitrogens with one attached hydrogen (secondary N) is 1. The van der Waals surface area contributed by atoms with Crippen LogP contribution in [0.4, 0.5) is 0 Å². The zero-order valence-corrected chi connectivity index (χ0v) is 63.9. The van der Waals surface area contributed by atoms with Crippen molar-refractivity contribution in [3.05, 3.63) is 223 Å².